The minimum Gasteiger partial charge on any atom is -0.271 e. The van der Waals surface area contributed by atoms with Crippen molar-refractivity contribution in [3.63, 3.8) is 0 Å². The van der Waals surface area contributed by atoms with Gasteiger partial charge >= 0.3 is 0 Å². The van der Waals surface area contributed by atoms with E-state index in [9.17, 15) is 4.39 Å². The van der Waals surface area contributed by atoms with Crippen LogP contribution in [0.5, 0.6) is 0 Å². The van der Waals surface area contributed by atoms with E-state index in [4.69, 9.17) is 5.84 Å². The van der Waals surface area contributed by atoms with Gasteiger partial charge in [-0.2, -0.15) is 0 Å². The van der Waals surface area contributed by atoms with Crippen LogP contribution in [0.3, 0.4) is 0 Å². The van der Waals surface area contributed by atoms with Crippen molar-refractivity contribution in [2.75, 3.05) is 0 Å². The molecule has 1 unspecified atom stereocenters. The minimum atomic E-state index is -0.244. The lowest BCUT2D eigenvalue weighted by Gasteiger charge is -2.21. The zero-order valence-corrected chi connectivity index (χ0v) is 13.2. The number of hydrogen-bond donors (Lipinski definition) is 2. The number of rotatable bonds is 4. The van der Waals surface area contributed by atoms with Crippen molar-refractivity contribution >= 4 is 15.9 Å². The van der Waals surface area contributed by atoms with Gasteiger partial charge in [-0.1, -0.05) is 34.1 Å². The summed E-state index contributed by atoms with van der Waals surface area (Å²) in [6.45, 7) is 4.13. The Morgan fingerprint density at radius 3 is 2.40 bits per heavy atom. The smallest absolute Gasteiger partial charge is 0.124 e. The molecule has 0 saturated heterocycles. The van der Waals surface area contributed by atoms with E-state index in [1.807, 2.05) is 12.1 Å². The maximum atomic E-state index is 13.5. The number of hydrogen-bond acceptors (Lipinski definition) is 2. The third-order valence-corrected chi connectivity index (χ3v) is 3.91. The molecule has 0 saturated carbocycles. The summed E-state index contributed by atoms with van der Waals surface area (Å²) in [4.78, 5) is 0. The molecule has 0 aromatic heterocycles. The maximum Gasteiger partial charge on any atom is 0.124 e. The SMILES string of the molecule is Cc1cccc(C)c1C(Cc1cc(F)cc(Br)c1)NN. The van der Waals surface area contributed by atoms with Crippen LogP contribution < -0.4 is 11.3 Å². The molecule has 4 heteroatoms. The molecule has 0 radical (unpaired) electrons. The zero-order chi connectivity index (χ0) is 14.7. The second kappa shape index (κ2) is 6.48. The van der Waals surface area contributed by atoms with Crippen LogP contribution in [0.4, 0.5) is 4.39 Å². The summed E-state index contributed by atoms with van der Waals surface area (Å²) in [5.74, 6) is 5.47. The van der Waals surface area contributed by atoms with E-state index in [0.717, 1.165) is 10.0 Å². The Morgan fingerprint density at radius 1 is 1.20 bits per heavy atom. The van der Waals surface area contributed by atoms with E-state index in [1.165, 1.54) is 22.8 Å². The van der Waals surface area contributed by atoms with Crippen LogP contribution in [0.15, 0.2) is 40.9 Å². The van der Waals surface area contributed by atoms with Crippen molar-refractivity contribution in [3.05, 3.63) is 68.9 Å². The average Bonchev–Trinajstić information content (AvgIpc) is 2.36. The summed E-state index contributed by atoms with van der Waals surface area (Å²) in [5.41, 5.74) is 7.30. The predicted molar refractivity (Wildman–Crippen MR) is 83.8 cm³/mol. The first-order valence-electron chi connectivity index (χ1n) is 6.48. The summed E-state index contributed by atoms with van der Waals surface area (Å²) in [6, 6.07) is 11.0. The minimum absolute atomic E-state index is 0.0371. The van der Waals surface area contributed by atoms with E-state index in [2.05, 4.69) is 47.3 Å². The average molecular weight is 337 g/mol. The lowest BCUT2D eigenvalue weighted by atomic mass is 9.92. The van der Waals surface area contributed by atoms with Gasteiger partial charge in [-0.25, -0.2) is 4.39 Å². The Morgan fingerprint density at radius 2 is 1.85 bits per heavy atom. The topological polar surface area (TPSA) is 38.0 Å². The summed E-state index contributed by atoms with van der Waals surface area (Å²) < 4.78 is 14.2. The van der Waals surface area contributed by atoms with E-state index in [1.54, 1.807) is 6.07 Å². The summed E-state index contributed by atoms with van der Waals surface area (Å²) in [5, 5.41) is 0. The van der Waals surface area contributed by atoms with Crippen molar-refractivity contribution in [1.29, 1.82) is 0 Å². The number of hydrazine groups is 1. The molecule has 2 nitrogen and oxygen atoms in total. The highest BCUT2D eigenvalue weighted by atomic mass is 79.9. The van der Waals surface area contributed by atoms with Crippen LogP contribution in [-0.4, -0.2) is 0 Å². The highest BCUT2D eigenvalue weighted by Crippen LogP contribution is 2.26. The summed E-state index contributed by atoms with van der Waals surface area (Å²) >= 11 is 3.32. The highest BCUT2D eigenvalue weighted by molar-refractivity contribution is 9.10. The lowest BCUT2D eigenvalue weighted by molar-refractivity contribution is 0.543. The number of halogens is 2. The van der Waals surface area contributed by atoms with E-state index in [-0.39, 0.29) is 11.9 Å². The molecule has 2 aromatic rings. The lowest BCUT2D eigenvalue weighted by Crippen LogP contribution is -2.30. The van der Waals surface area contributed by atoms with Gasteiger partial charge in [0.2, 0.25) is 0 Å². The van der Waals surface area contributed by atoms with Crippen molar-refractivity contribution < 1.29 is 4.39 Å². The van der Waals surface area contributed by atoms with Crippen LogP contribution in [0.25, 0.3) is 0 Å². The van der Waals surface area contributed by atoms with Gasteiger partial charge in [-0.3, -0.25) is 11.3 Å². The Balaban J connectivity index is 2.34. The van der Waals surface area contributed by atoms with E-state index >= 15 is 0 Å². The third kappa shape index (κ3) is 3.45. The van der Waals surface area contributed by atoms with Crippen molar-refractivity contribution in [1.82, 2.24) is 5.43 Å². The molecule has 3 N–H and O–H groups in total. The fourth-order valence-corrected chi connectivity index (χ4v) is 3.10. The van der Waals surface area contributed by atoms with Gasteiger partial charge in [-0.15, -0.1) is 0 Å². The summed E-state index contributed by atoms with van der Waals surface area (Å²) in [7, 11) is 0. The normalized spacial score (nSPS) is 12.4. The Hall–Kier alpha value is -1.23. The number of benzene rings is 2. The molecule has 0 aliphatic rings. The fraction of sp³-hybridized carbons (Fsp3) is 0.250. The maximum absolute atomic E-state index is 13.5. The molecular weight excluding hydrogens is 319 g/mol. The second-order valence-electron chi connectivity index (χ2n) is 5.01. The first kappa shape index (κ1) is 15.2. The molecular formula is C16H18BrFN2. The molecule has 0 bridgehead atoms. The molecule has 0 amide bonds. The molecule has 0 heterocycles. The van der Waals surface area contributed by atoms with Gasteiger partial charge in [0.15, 0.2) is 0 Å². The molecule has 0 aliphatic carbocycles. The van der Waals surface area contributed by atoms with Gasteiger partial charge in [0.05, 0.1) is 6.04 Å². The predicted octanol–water partition coefficient (Wildman–Crippen LogP) is 3.95. The monoisotopic (exact) mass is 336 g/mol. The molecule has 106 valence electrons. The molecule has 20 heavy (non-hydrogen) atoms. The van der Waals surface area contributed by atoms with E-state index < -0.39 is 0 Å². The van der Waals surface area contributed by atoms with Crippen LogP contribution in [0.1, 0.15) is 28.3 Å². The Bertz CT molecular complexity index is 573. The van der Waals surface area contributed by atoms with Gasteiger partial charge in [0.25, 0.3) is 0 Å². The van der Waals surface area contributed by atoms with Crippen molar-refractivity contribution in [3.8, 4) is 0 Å². The standard InChI is InChI=1S/C16H18BrFN2/c1-10-4-3-5-11(2)16(10)15(20-19)8-12-6-13(17)9-14(18)7-12/h3-7,9,15,20H,8,19H2,1-2H3. The molecule has 1 atom stereocenters. The van der Waals surface area contributed by atoms with Crippen LogP contribution >= 0.6 is 15.9 Å². The Kier molecular flexibility index (Phi) is 4.91. The molecule has 2 rings (SSSR count). The quantitative estimate of drug-likeness (QED) is 0.655. The largest absolute Gasteiger partial charge is 0.271 e. The highest BCUT2D eigenvalue weighted by Gasteiger charge is 2.15. The number of nitrogens with two attached hydrogens (primary N) is 1. The molecule has 2 aromatic carbocycles. The number of aryl methyl sites for hydroxylation is 2. The molecule has 0 fully saturated rings. The summed E-state index contributed by atoms with van der Waals surface area (Å²) in [6.07, 6.45) is 0.637. The second-order valence-corrected chi connectivity index (χ2v) is 5.92. The number of nitrogens with one attached hydrogen (secondary N) is 1. The molecule has 0 spiro atoms. The van der Waals surface area contributed by atoms with Crippen molar-refractivity contribution in [2.45, 2.75) is 26.3 Å². The van der Waals surface area contributed by atoms with Gasteiger partial charge in [0.1, 0.15) is 5.82 Å². The van der Waals surface area contributed by atoms with E-state index in [0.29, 0.717) is 6.42 Å². The zero-order valence-electron chi connectivity index (χ0n) is 11.6. The van der Waals surface area contributed by atoms with Crippen LogP contribution in [-0.2, 0) is 6.42 Å². The fourth-order valence-electron chi connectivity index (χ4n) is 2.59. The van der Waals surface area contributed by atoms with Gasteiger partial charge in [-0.05, 0) is 60.7 Å². The van der Waals surface area contributed by atoms with Gasteiger partial charge in [0, 0.05) is 4.47 Å². The van der Waals surface area contributed by atoms with Crippen LogP contribution in [0.2, 0.25) is 0 Å². The van der Waals surface area contributed by atoms with Gasteiger partial charge < -0.3 is 0 Å². The third-order valence-electron chi connectivity index (χ3n) is 3.45. The Labute approximate surface area is 127 Å². The molecule has 0 aliphatic heterocycles. The van der Waals surface area contributed by atoms with Crippen molar-refractivity contribution in [2.24, 2.45) is 5.84 Å². The van der Waals surface area contributed by atoms with Crippen LogP contribution in [0, 0.1) is 19.7 Å². The first-order valence-corrected chi connectivity index (χ1v) is 7.27. The first-order chi connectivity index (χ1) is 9.51.